The number of aromatic nitrogens is 3. The van der Waals surface area contributed by atoms with Crippen LogP contribution in [0.3, 0.4) is 0 Å². The summed E-state index contributed by atoms with van der Waals surface area (Å²) in [6.45, 7) is 2.58. The van der Waals surface area contributed by atoms with Crippen LogP contribution in [0.1, 0.15) is 47.9 Å². The number of hydrogen-bond acceptors (Lipinski definition) is 5. The van der Waals surface area contributed by atoms with Gasteiger partial charge in [-0.15, -0.1) is 0 Å². The van der Waals surface area contributed by atoms with E-state index < -0.39 is 0 Å². The molecule has 2 aromatic rings. The Morgan fingerprint density at radius 1 is 1.59 bits per heavy atom. The minimum absolute atomic E-state index is 0.000984. The van der Waals surface area contributed by atoms with Crippen LogP contribution in [0, 0.1) is 0 Å². The van der Waals surface area contributed by atoms with Crippen molar-refractivity contribution in [3.8, 4) is 0 Å². The number of imidazole rings is 1. The second-order valence-electron chi connectivity index (χ2n) is 5.47. The molecule has 0 saturated carbocycles. The molecule has 3 heterocycles. The van der Waals surface area contributed by atoms with Gasteiger partial charge in [-0.3, -0.25) is 4.79 Å². The van der Waals surface area contributed by atoms with E-state index in [9.17, 15) is 4.79 Å². The summed E-state index contributed by atoms with van der Waals surface area (Å²) in [4.78, 5) is 21.8. The number of rotatable bonds is 5. The van der Waals surface area contributed by atoms with E-state index in [1.54, 1.807) is 30.5 Å². The number of H-pyrrole nitrogens is 1. The fourth-order valence-electron chi connectivity index (χ4n) is 2.84. The molecule has 0 aliphatic carbocycles. The monoisotopic (exact) mass is 304 g/mol. The van der Waals surface area contributed by atoms with E-state index in [2.05, 4.69) is 22.0 Å². The number of nitrogens with one attached hydrogen (secondary N) is 1. The molecule has 1 aliphatic heterocycles. The zero-order chi connectivity index (χ0) is 15.5. The molecule has 2 atom stereocenters. The molecular weight excluding hydrogens is 284 g/mol. The lowest BCUT2D eigenvalue weighted by Crippen LogP contribution is -2.32. The van der Waals surface area contributed by atoms with Crippen LogP contribution in [0.2, 0.25) is 0 Å². The number of ether oxygens (including phenoxy) is 1. The van der Waals surface area contributed by atoms with Crippen molar-refractivity contribution in [1.29, 1.82) is 0 Å². The molecule has 1 aliphatic rings. The van der Waals surface area contributed by atoms with Crippen molar-refractivity contribution >= 4 is 5.91 Å². The molecule has 1 saturated heterocycles. The number of carbonyl (C=O) groups excluding carboxylic acids is 1. The smallest absolute Gasteiger partial charge is 0.276 e. The van der Waals surface area contributed by atoms with E-state index in [0.29, 0.717) is 12.2 Å². The lowest BCUT2D eigenvalue weighted by atomic mass is 10.2. The van der Waals surface area contributed by atoms with Crippen LogP contribution < -0.4 is 0 Å². The number of hydrogen-bond donors (Lipinski definition) is 1. The summed E-state index contributed by atoms with van der Waals surface area (Å²) in [5.74, 6) is 1.36. The molecule has 0 radical (unpaired) electrons. The normalized spacial score (nSPS) is 21.5. The van der Waals surface area contributed by atoms with Gasteiger partial charge in [-0.2, -0.15) is 0 Å². The minimum Gasteiger partial charge on any atom is -0.380 e. The number of nitrogens with zero attached hydrogens (tertiary/aromatic N) is 3. The lowest BCUT2D eigenvalue weighted by molar-refractivity contribution is 0.0674. The highest BCUT2D eigenvalue weighted by molar-refractivity contribution is 5.92. The minimum atomic E-state index is -0.146. The summed E-state index contributed by atoms with van der Waals surface area (Å²) >= 11 is 0. The highest BCUT2D eigenvalue weighted by Gasteiger charge is 2.39. The summed E-state index contributed by atoms with van der Waals surface area (Å²) in [5.41, 5.74) is 0.344. The number of carbonyl (C=O) groups is 1. The standard InChI is InChI=1S/C15H20N4O3/c1-3-4-10-7-12(18-22-10)15(20)19-9-11(21-2)8-13(19)14-16-5-6-17-14/h5-7,11,13H,3-4,8-9H2,1-2H3,(H,16,17)/t11-,13?/m1/s1. The van der Waals surface area contributed by atoms with Crippen molar-refractivity contribution in [2.45, 2.75) is 38.3 Å². The van der Waals surface area contributed by atoms with Gasteiger partial charge in [0, 0.05) is 45.0 Å². The number of amides is 1. The number of methoxy groups -OCH3 is 1. The van der Waals surface area contributed by atoms with Crippen molar-refractivity contribution < 1.29 is 14.1 Å². The zero-order valence-corrected chi connectivity index (χ0v) is 12.8. The highest BCUT2D eigenvalue weighted by Crippen LogP contribution is 2.32. The third-order valence-corrected chi connectivity index (χ3v) is 3.97. The predicted octanol–water partition coefficient (Wildman–Crippen LogP) is 1.95. The highest BCUT2D eigenvalue weighted by atomic mass is 16.5. The van der Waals surface area contributed by atoms with E-state index in [1.807, 2.05) is 0 Å². The van der Waals surface area contributed by atoms with Gasteiger partial charge in [-0.1, -0.05) is 12.1 Å². The molecule has 1 unspecified atom stereocenters. The molecule has 3 rings (SSSR count). The van der Waals surface area contributed by atoms with Crippen LogP contribution in [0.25, 0.3) is 0 Å². The Labute approximate surface area is 128 Å². The van der Waals surface area contributed by atoms with Gasteiger partial charge in [0.2, 0.25) is 0 Å². The number of likely N-dealkylation sites (tertiary alicyclic amines) is 1. The molecule has 1 fully saturated rings. The van der Waals surface area contributed by atoms with E-state index in [4.69, 9.17) is 9.26 Å². The predicted molar refractivity (Wildman–Crippen MR) is 78.3 cm³/mol. The number of aryl methyl sites for hydroxylation is 1. The largest absolute Gasteiger partial charge is 0.380 e. The summed E-state index contributed by atoms with van der Waals surface area (Å²) in [6, 6.07) is 1.60. The summed E-state index contributed by atoms with van der Waals surface area (Å²) in [7, 11) is 1.66. The Kier molecular flexibility index (Phi) is 4.24. The van der Waals surface area contributed by atoms with Crippen molar-refractivity contribution in [2.75, 3.05) is 13.7 Å². The maximum Gasteiger partial charge on any atom is 0.276 e. The fourth-order valence-corrected chi connectivity index (χ4v) is 2.84. The van der Waals surface area contributed by atoms with Crippen molar-refractivity contribution in [1.82, 2.24) is 20.0 Å². The van der Waals surface area contributed by atoms with Crippen LogP contribution >= 0.6 is 0 Å². The lowest BCUT2D eigenvalue weighted by Gasteiger charge is -2.21. The van der Waals surface area contributed by atoms with Crippen LogP contribution in [-0.4, -0.2) is 45.7 Å². The molecule has 7 heteroatoms. The van der Waals surface area contributed by atoms with E-state index >= 15 is 0 Å². The summed E-state index contributed by atoms with van der Waals surface area (Å²) in [6.07, 6.45) is 5.90. The quantitative estimate of drug-likeness (QED) is 0.912. The molecule has 7 nitrogen and oxygen atoms in total. The first kappa shape index (κ1) is 14.8. The first-order valence-electron chi connectivity index (χ1n) is 7.51. The van der Waals surface area contributed by atoms with Gasteiger partial charge < -0.3 is 19.1 Å². The van der Waals surface area contributed by atoms with Gasteiger partial charge in [0.15, 0.2) is 5.69 Å². The van der Waals surface area contributed by atoms with Crippen molar-refractivity contribution in [2.24, 2.45) is 0 Å². The Morgan fingerprint density at radius 3 is 3.14 bits per heavy atom. The van der Waals surface area contributed by atoms with Gasteiger partial charge in [-0.25, -0.2) is 4.98 Å². The van der Waals surface area contributed by atoms with Crippen molar-refractivity contribution in [3.05, 3.63) is 35.7 Å². The molecule has 0 bridgehead atoms. The molecule has 118 valence electrons. The maximum absolute atomic E-state index is 12.7. The van der Waals surface area contributed by atoms with E-state index in [0.717, 1.165) is 30.8 Å². The first-order chi connectivity index (χ1) is 10.7. The molecule has 1 N–H and O–H groups in total. The van der Waals surface area contributed by atoms with Crippen LogP contribution in [0.4, 0.5) is 0 Å². The van der Waals surface area contributed by atoms with Crippen molar-refractivity contribution in [3.63, 3.8) is 0 Å². The second kappa shape index (κ2) is 6.31. The summed E-state index contributed by atoms with van der Waals surface area (Å²) in [5, 5.41) is 3.91. The number of aromatic amines is 1. The molecule has 1 amide bonds. The summed E-state index contributed by atoms with van der Waals surface area (Å²) < 4.78 is 10.6. The van der Waals surface area contributed by atoms with E-state index in [1.165, 1.54) is 0 Å². The Bertz CT molecular complexity index is 623. The maximum atomic E-state index is 12.7. The third kappa shape index (κ3) is 2.76. The zero-order valence-electron chi connectivity index (χ0n) is 12.8. The first-order valence-corrected chi connectivity index (χ1v) is 7.51. The third-order valence-electron chi connectivity index (χ3n) is 3.97. The van der Waals surface area contributed by atoms with Gasteiger partial charge in [0.25, 0.3) is 5.91 Å². The molecule has 0 spiro atoms. The van der Waals surface area contributed by atoms with Crippen LogP contribution in [0.15, 0.2) is 23.0 Å². The second-order valence-corrected chi connectivity index (χ2v) is 5.47. The van der Waals surface area contributed by atoms with Gasteiger partial charge in [0.1, 0.15) is 11.6 Å². The van der Waals surface area contributed by atoms with Crippen LogP contribution in [-0.2, 0) is 11.2 Å². The van der Waals surface area contributed by atoms with E-state index in [-0.39, 0.29) is 18.1 Å². The average molecular weight is 304 g/mol. The van der Waals surface area contributed by atoms with Gasteiger partial charge in [0.05, 0.1) is 12.1 Å². The molecule has 0 aromatic carbocycles. The molecule has 2 aromatic heterocycles. The van der Waals surface area contributed by atoms with Gasteiger partial charge in [-0.05, 0) is 6.42 Å². The SMILES string of the molecule is CCCc1cc(C(=O)N2C[C@H](OC)CC2c2ncc[nH]2)no1. The Hall–Kier alpha value is -2.15. The molecular formula is C15H20N4O3. The van der Waals surface area contributed by atoms with Gasteiger partial charge >= 0.3 is 0 Å². The average Bonchev–Trinajstić information content (AvgIpc) is 3.26. The Balaban J connectivity index is 1.82. The topological polar surface area (TPSA) is 84.3 Å². The fraction of sp³-hybridized carbons (Fsp3) is 0.533. The Morgan fingerprint density at radius 2 is 2.45 bits per heavy atom. The van der Waals surface area contributed by atoms with Crippen LogP contribution in [0.5, 0.6) is 0 Å². The molecule has 22 heavy (non-hydrogen) atoms.